The summed E-state index contributed by atoms with van der Waals surface area (Å²) in [5.74, 6) is -0.164. The number of likely N-dealkylation sites (tertiary alicyclic amines) is 1. The number of β-amino-alcohol motifs (C(OH)–C–C–N with tert-alkyl or cyclic N) is 1. The number of carbonyl (C=O) groups is 1. The number of piperidine rings is 1. The zero-order valence-corrected chi connectivity index (χ0v) is 15.0. The van der Waals surface area contributed by atoms with Crippen molar-refractivity contribution in [2.45, 2.75) is 31.9 Å². The molecule has 1 aliphatic rings. The van der Waals surface area contributed by atoms with E-state index in [0.29, 0.717) is 25.1 Å². The van der Waals surface area contributed by atoms with E-state index in [1.807, 2.05) is 43.3 Å². The molecule has 1 atom stereocenters. The number of ether oxygens (including phenoxy) is 1. The zero-order valence-electron chi connectivity index (χ0n) is 15.0. The molecule has 0 aromatic heterocycles. The van der Waals surface area contributed by atoms with Crippen LogP contribution in [0.5, 0.6) is 5.75 Å². The van der Waals surface area contributed by atoms with Gasteiger partial charge in [0.1, 0.15) is 18.0 Å². The van der Waals surface area contributed by atoms with Gasteiger partial charge in [-0.3, -0.25) is 4.90 Å². The molecule has 0 radical (unpaired) electrons. The molecule has 0 aliphatic carbocycles. The van der Waals surface area contributed by atoms with Gasteiger partial charge >= 0.3 is 5.97 Å². The van der Waals surface area contributed by atoms with Crippen molar-refractivity contribution < 1.29 is 19.7 Å². The van der Waals surface area contributed by atoms with Crippen LogP contribution in [0.4, 0.5) is 0 Å². The minimum atomic E-state index is -0.930. The molecule has 0 bridgehead atoms. The van der Waals surface area contributed by atoms with Gasteiger partial charge in [-0.05, 0) is 55.6 Å². The first-order valence-electron chi connectivity index (χ1n) is 8.91. The monoisotopic (exact) mass is 355 g/mol. The fourth-order valence-electron chi connectivity index (χ4n) is 3.49. The van der Waals surface area contributed by atoms with Crippen molar-refractivity contribution in [3.63, 3.8) is 0 Å². The highest BCUT2D eigenvalue weighted by atomic mass is 16.5. The summed E-state index contributed by atoms with van der Waals surface area (Å²) in [6.07, 6.45) is 1.53. The molecule has 3 rings (SSSR count). The van der Waals surface area contributed by atoms with Gasteiger partial charge in [0, 0.05) is 13.1 Å². The first kappa shape index (κ1) is 18.4. The van der Waals surface area contributed by atoms with Crippen LogP contribution in [-0.4, -0.2) is 46.4 Å². The van der Waals surface area contributed by atoms with Gasteiger partial charge in [-0.2, -0.15) is 0 Å². The molecule has 2 aromatic rings. The third-order valence-electron chi connectivity index (χ3n) is 4.77. The van der Waals surface area contributed by atoms with Crippen LogP contribution in [0.2, 0.25) is 0 Å². The molecule has 0 spiro atoms. The quantitative estimate of drug-likeness (QED) is 0.833. The van der Waals surface area contributed by atoms with Crippen molar-refractivity contribution in [3.05, 3.63) is 65.2 Å². The summed E-state index contributed by atoms with van der Waals surface area (Å²) in [5, 5.41) is 20.3. The molecule has 0 amide bonds. The Morgan fingerprint density at radius 3 is 2.81 bits per heavy atom. The maximum atomic E-state index is 11.4. The van der Waals surface area contributed by atoms with Gasteiger partial charge in [-0.15, -0.1) is 0 Å². The van der Waals surface area contributed by atoms with Crippen molar-refractivity contribution in [2.75, 3.05) is 19.7 Å². The van der Waals surface area contributed by atoms with Crippen LogP contribution >= 0.6 is 0 Å². The van der Waals surface area contributed by atoms with E-state index in [2.05, 4.69) is 4.90 Å². The van der Waals surface area contributed by atoms with Crippen molar-refractivity contribution in [3.8, 4) is 5.75 Å². The maximum Gasteiger partial charge on any atom is 0.336 e. The van der Waals surface area contributed by atoms with Crippen molar-refractivity contribution in [2.24, 2.45) is 0 Å². The fourth-order valence-corrected chi connectivity index (χ4v) is 3.49. The summed E-state index contributed by atoms with van der Waals surface area (Å²) in [7, 11) is 0. The smallest absolute Gasteiger partial charge is 0.336 e. The van der Waals surface area contributed by atoms with Gasteiger partial charge < -0.3 is 14.9 Å². The zero-order chi connectivity index (χ0) is 18.6. The molecule has 26 heavy (non-hydrogen) atoms. The SMILES string of the molecule is Cc1cccc(OC[C@]2(O)CCCN(Cc3ccccc3C(=O)O)C2)c1. The number of hydrogen-bond acceptors (Lipinski definition) is 4. The number of aryl methyl sites for hydroxylation is 1. The summed E-state index contributed by atoms with van der Waals surface area (Å²) >= 11 is 0. The molecule has 1 saturated heterocycles. The number of carboxylic acids is 1. The van der Waals surface area contributed by atoms with Gasteiger partial charge in [0.15, 0.2) is 0 Å². The topological polar surface area (TPSA) is 70.0 Å². The number of nitrogens with zero attached hydrogens (tertiary/aromatic N) is 1. The predicted molar refractivity (Wildman–Crippen MR) is 99.5 cm³/mol. The van der Waals surface area contributed by atoms with Crippen LogP contribution < -0.4 is 4.74 Å². The van der Waals surface area contributed by atoms with Crippen LogP contribution in [0.1, 0.15) is 34.3 Å². The lowest BCUT2D eigenvalue weighted by atomic mass is 9.93. The Morgan fingerprint density at radius 2 is 2.04 bits per heavy atom. The van der Waals surface area contributed by atoms with Crippen molar-refractivity contribution in [1.29, 1.82) is 0 Å². The summed E-state index contributed by atoms with van der Waals surface area (Å²) in [6.45, 7) is 4.04. The first-order valence-corrected chi connectivity index (χ1v) is 8.91. The maximum absolute atomic E-state index is 11.4. The Labute approximate surface area is 153 Å². The molecule has 0 unspecified atom stereocenters. The molecule has 138 valence electrons. The number of aromatic carboxylic acids is 1. The second kappa shape index (κ2) is 7.89. The number of rotatable bonds is 6. The van der Waals surface area contributed by atoms with E-state index in [4.69, 9.17) is 4.74 Å². The van der Waals surface area contributed by atoms with Crippen LogP contribution in [0.15, 0.2) is 48.5 Å². The lowest BCUT2D eigenvalue weighted by Gasteiger charge is -2.39. The van der Waals surface area contributed by atoms with E-state index >= 15 is 0 Å². The molecule has 1 fully saturated rings. The largest absolute Gasteiger partial charge is 0.491 e. The van der Waals surface area contributed by atoms with Crippen LogP contribution in [0.25, 0.3) is 0 Å². The molecule has 2 aromatic carbocycles. The highest BCUT2D eigenvalue weighted by Crippen LogP contribution is 2.25. The fraction of sp³-hybridized carbons (Fsp3) is 0.381. The second-order valence-electron chi connectivity index (χ2n) is 7.11. The second-order valence-corrected chi connectivity index (χ2v) is 7.11. The number of carboxylic acid groups (broad SMARTS) is 1. The van der Waals surface area contributed by atoms with Crippen LogP contribution in [0.3, 0.4) is 0 Å². The number of hydrogen-bond donors (Lipinski definition) is 2. The molecule has 2 N–H and O–H groups in total. The minimum absolute atomic E-state index is 0.230. The highest BCUT2D eigenvalue weighted by molar-refractivity contribution is 5.89. The van der Waals surface area contributed by atoms with E-state index in [9.17, 15) is 15.0 Å². The Bertz CT molecular complexity index is 776. The molecule has 1 heterocycles. The van der Waals surface area contributed by atoms with Gasteiger partial charge in [-0.1, -0.05) is 30.3 Å². The van der Waals surface area contributed by atoms with E-state index in [0.717, 1.165) is 29.8 Å². The average Bonchev–Trinajstić information content (AvgIpc) is 2.61. The summed E-state index contributed by atoms with van der Waals surface area (Å²) in [5.41, 5.74) is 1.27. The van der Waals surface area contributed by atoms with E-state index in [1.165, 1.54) is 0 Å². The lowest BCUT2D eigenvalue weighted by molar-refractivity contribution is -0.0621. The number of aliphatic hydroxyl groups is 1. The highest BCUT2D eigenvalue weighted by Gasteiger charge is 2.34. The third-order valence-corrected chi connectivity index (χ3v) is 4.77. The van der Waals surface area contributed by atoms with E-state index < -0.39 is 11.6 Å². The summed E-state index contributed by atoms with van der Waals surface area (Å²) in [6, 6.07) is 14.8. The Kier molecular flexibility index (Phi) is 5.59. The molecular weight excluding hydrogens is 330 g/mol. The molecular formula is C21H25NO4. The Hall–Kier alpha value is -2.37. The minimum Gasteiger partial charge on any atom is -0.491 e. The van der Waals surface area contributed by atoms with Crippen LogP contribution in [0, 0.1) is 6.92 Å². The van der Waals surface area contributed by atoms with E-state index in [1.54, 1.807) is 12.1 Å². The van der Waals surface area contributed by atoms with Crippen molar-refractivity contribution in [1.82, 2.24) is 4.90 Å². The molecule has 5 heteroatoms. The average molecular weight is 355 g/mol. The Balaban J connectivity index is 1.64. The lowest BCUT2D eigenvalue weighted by Crippen LogP contribution is -2.51. The summed E-state index contributed by atoms with van der Waals surface area (Å²) < 4.78 is 5.82. The predicted octanol–water partition coefficient (Wildman–Crippen LogP) is 3.10. The van der Waals surface area contributed by atoms with Gasteiger partial charge in [0.05, 0.1) is 5.56 Å². The molecule has 1 aliphatic heterocycles. The van der Waals surface area contributed by atoms with Gasteiger partial charge in [0.25, 0.3) is 0 Å². The summed E-state index contributed by atoms with van der Waals surface area (Å²) in [4.78, 5) is 13.5. The first-order chi connectivity index (χ1) is 12.5. The van der Waals surface area contributed by atoms with Gasteiger partial charge in [0.2, 0.25) is 0 Å². The third kappa shape index (κ3) is 4.62. The van der Waals surface area contributed by atoms with Crippen molar-refractivity contribution >= 4 is 5.97 Å². The van der Waals surface area contributed by atoms with Crippen LogP contribution in [-0.2, 0) is 6.54 Å². The molecule has 5 nitrogen and oxygen atoms in total. The molecule has 0 saturated carbocycles. The normalized spacial score (nSPS) is 20.7. The standard InChI is InChI=1S/C21H25NO4/c1-16-6-4-8-18(12-16)26-15-21(25)10-5-11-22(14-21)13-17-7-2-3-9-19(17)20(23)24/h2-4,6-9,12,25H,5,10-11,13-15H2,1H3,(H,23,24)/t21-/m0/s1. The Morgan fingerprint density at radius 1 is 1.23 bits per heavy atom. The van der Waals surface area contributed by atoms with Gasteiger partial charge in [-0.25, -0.2) is 4.79 Å². The van der Waals surface area contributed by atoms with E-state index in [-0.39, 0.29) is 6.61 Å². The number of benzene rings is 2.